The van der Waals surface area contributed by atoms with Gasteiger partial charge in [0, 0.05) is 19.2 Å². The van der Waals surface area contributed by atoms with E-state index in [-0.39, 0.29) is 5.92 Å². The Morgan fingerprint density at radius 1 is 1.15 bits per heavy atom. The number of urea groups is 1. The normalized spacial score (nSPS) is 17.7. The number of nitrogens with zero attached hydrogens (tertiary/aromatic N) is 2. The van der Waals surface area contributed by atoms with Gasteiger partial charge in [0.2, 0.25) is 5.88 Å². The molecule has 0 radical (unpaired) electrons. The van der Waals surface area contributed by atoms with Crippen LogP contribution in [0.4, 0.5) is 35.2 Å². The molecular weight excluding hydrogens is 453 g/mol. The second-order valence-corrected chi connectivity index (χ2v) is 9.41. The minimum Gasteiger partial charge on any atom is -0.481 e. The molecule has 0 bridgehead atoms. The summed E-state index contributed by atoms with van der Waals surface area (Å²) in [4.78, 5) is 26.1. The van der Waals surface area contributed by atoms with E-state index >= 15 is 0 Å². The van der Waals surface area contributed by atoms with E-state index in [1.807, 2.05) is 12.1 Å². The number of hydrogen-bond donors (Lipinski definition) is 3. The lowest BCUT2D eigenvalue weighted by Crippen LogP contribution is -2.32. The molecule has 1 aromatic carbocycles. The van der Waals surface area contributed by atoms with Crippen LogP contribution in [0.3, 0.4) is 0 Å². The molecule has 186 valence electrons. The van der Waals surface area contributed by atoms with E-state index in [4.69, 9.17) is 0 Å². The molecule has 1 fully saturated rings. The predicted octanol–water partition coefficient (Wildman–Crippen LogP) is 5.64. The van der Waals surface area contributed by atoms with Gasteiger partial charge < -0.3 is 19.8 Å². The molecule has 1 aliphatic carbocycles. The van der Waals surface area contributed by atoms with Crippen LogP contribution in [0.25, 0.3) is 0 Å². The summed E-state index contributed by atoms with van der Waals surface area (Å²) < 4.78 is 42.8. The van der Waals surface area contributed by atoms with Crippen LogP contribution in [0.1, 0.15) is 51.3 Å². The van der Waals surface area contributed by atoms with Crippen LogP contribution < -0.4 is 15.5 Å². The third-order valence-corrected chi connectivity index (χ3v) is 5.35. The SMILES string of the molecule is CC(C)CN(CC(C)C)c1ccc([C@H]2C[C@H]2C(=O)O)cc1NC(=O)Nc1cc(C(F)(F)F)no1. The zero-order valence-electron chi connectivity index (χ0n) is 19.4. The van der Waals surface area contributed by atoms with Gasteiger partial charge in [-0.1, -0.05) is 38.9 Å². The van der Waals surface area contributed by atoms with Crippen LogP contribution in [-0.2, 0) is 11.0 Å². The number of benzene rings is 1. The van der Waals surface area contributed by atoms with Gasteiger partial charge in [-0.3, -0.25) is 10.1 Å². The van der Waals surface area contributed by atoms with Crippen molar-refractivity contribution < 1.29 is 32.4 Å². The fraction of sp³-hybridized carbons (Fsp3) is 0.522. The summed E-state index contributed by atoms with van der Waals surface area (Å²) in [6.07, 6.45) is -4.18. The first kappa shape index (κ1) is 25.4. The number of amides is 2. The van der Waals surface area contributed by atoms with Crippen molar-refractivity contribution in [1.29, 1.82) is 0 Å². The minimum absolute atomic E-state index is 0.151. The Morgan fingerprint density at radius 2 is 1.79 bits per heavy atom. The van der Waals surface area contributed by atoms with Gasteiger partial charge in [-0.25, -0.2) is 4.79 Å². The first-order valence-electron chi connectivity index (χ1n) is 11.1. The number of halogens is 3. The quantitative estimate of drug-likeness (QED) is 0.427. The average molecular weight is 483 g/mol. The Balaban J connectivity index is 1.87. The van der Waals surface area contributed by atoms with Crippen LogP contribution >= 0.6 is 0 Å². The molecule has 11 heteroatoms. The van der Waals surface area contributed by atoms with Gasteiger partial charge in [-0.05, 0) is 41.9 Å². The molecule has 0 saturated heterocycles. The molecule has 0 unspecified atom stereocenters. The predicted molar refractivity (Wildman–Crippen MR) is 121 cm³/mol. The molecule has 0 aliphatic heterocycles. The highest BCUT2D eigenvalue weighted by Crippen LogP contribution is 2.49. The van der Waals surface area contributed by atoms with Crippen LogP contribution in [0.2, 0.25) is 0 Å². The Kier molecular flexibility index (Phi) is 7.42. The van der Waals surface area contributed by atoms with Crippen molar-refractivity contribution in [1.82, 2.24) is 5.16 Å². The van der Waals surface area contributed by atoms with E-state index in [0.29, 0.717) is 43.1 Å². The van der Waals surface area contributed by atoms with Crippen LogP contribution in [-0.4, -0.2) is 35.4 Å². The van der Waals surface area contributed by atoms with Crippen molar-refractivity contribution in [2.75, 3.05) is 28.6 Å². The van der Waals surface area contributed by atoms with Crippen molar-refractivity contribution in [3.8, 4) is 0 Å². The zero-order chi connectivity index (χ0) is 25.2. The van der Waals surface area contributed by atoms with E-state index in [1.165, 1.54) is 0 Å². The number of carbonyl (C=O) groups is 2. The highest BCUT2D eigenvalue weighted by Gasteiger charge is 2.44. The number of alkyl halides is 3. The van der Waals surface area contributed by atoms with Crippen molar-refractivity contribution >= 4 is 29.3 Å². The third kappa shape index (κ3) is 6.42. The summed E-state index contributed by atoms with van der Waals surface area (Å²) >= 11 is 0. The standard InChI is InChI=1S/C23H29F3N4O4/c1-12(2)10-30(11-13(3)4)18-6-5-14(15-8-16(15)21(31)32)7-17(18)27-22(33)28-20-9-19(29-34-20)23(24,25)26/h5-7,9,12-13,15-16H,8,10-11H2,1-4H3,(H,31,32)(H2,27,28,33)/t15-,16-/m1/s1. The number of hydrogen-bond acceptors (Lipinski definition) is 5. The molecule has 1 saturated carbocycles. The summed E-state index contributed by atoms with van der Waals surface area (Å²) in [6, 6.07) is 5.25. The minimum atomic E-state index is -4.69. The molecule has 3 N–H and O–H groups in total. The van der Waals surface area contributed by atoms with Gasteiger partial charge in [0.15, 0.2) is 5.69 Å². The van der Waals surface area contributed by atoms with Crippen molar-refractivity contribution in [2.45, 2.75) is 46.2 Å². The van der Waals surface area contributed by atoms with Gasteiger partial charge in [0.1, 0.15) is 0 Å². The molecule has 2 amide bonds. The smallest absolute Gasteiger partial charge is 0.436 e. The van der Waals surface area contributed by atoms with Crippen LogP contribution in [0.15, 0.2) is 28.8 Å². The third-order valence-electron chi connectivity index (χ3n) is 5.35. The number of anilines is 3. The van der Waals surface area contributed by atoms with Crippen molar-refractivity contribution in [3.05, 3.63) is 35.5 Å². The van der Waals surface area contributed by atoms with E-state index in [9.17, 15) is 27.9 Å². The first-order chi connectivity index (χ1) is 15.8. The lowest BCUT2D eigenvalue weighted by molar-refractivity contribution is -0.142. The zero-order valence-corrected chi connectivity index (χ0v) is 19.4. The van der Waals surface area contributed by atoms with E-state index < -0.39 is 35.7 Å². The van der Waals surface area contributed by atoms with Crippen molar-refractivity contribution in [3.63, 3.8) is 0 Å². The Morgan fingerprint density at radius 3 is 2.29 bits per heavy atom. The molecule has 2 atom stereocenters. The monoisotopic (exact) mass is 482 g/mol. The molecule has 3 rings (SSSR count). The van der Waals surface area contributed by atoms with Gasteiger partial charge in [-0.15, -0.1) is 0 Å². The fourth-order valence-corrected chi connectivity index (χ4v) is 3.88. The number of nitrogens with one attached hydrogen (secondary N) is 2. The summed E-state index contributed by atoms with van der Waals surface area (Å²) in [7, 11) is 0. The molecular formula is C23H29F3N4O4. The van der Waals surface area contributed by atoms with E-state index in [0.717, 1.165) is 11.3 Å². The number of carboxylic acid groups (broad SMARTS) is 1. The van der Waals surface area contributed by atoms with E-state index in [2.05, 4.69) is 52.9 Å². The maximum absolute atomic E-state index is 12.8. The van der Waals surface area contributed by atoms with Crippen LogP contribution in [0, 0.1) is 17.8 Å². The fourth-order valence-electron chi connectivity index (χ4n) is 3.88. The molecule has 8 nitrogen and oxygen atoms in total. The highest BCUT2D eigenvalue weighted by atomic mass is 19.4. The van der Waals surface area contributed by atoms with Gasteiger partial charge in [0.25, 0.3) is 0 Å². The molecule has 34 heavy (non-hydrogen) atoms. The van der Waals surface area contributed by atoms with E-state index in [1.54, 1.807) is 6.07 Å². The largest absolute Gasteiger partial charge is 0.481 e. The lowest BCUT2D eigenvalue weighted by Gasteiger charge is -2.30. The maximum atomic E-state index is 12.8. The van der Waals surface area contributed by atoms with Crippen molar-refractivity contribution in [2.24, 2.45) is 17.8 Å². The number of carbonyl (C=O) groups excluding carboxylic acids is 1. The molecule has 1 aliphatic rings. The topological polar surface area (TPSA) is 108 Å². The second kappa shape index (κ2) is 9.94. The summed E-state index contributed by atoms with van der Waals surface area (Å²) in [5, 5.41) is 17.1. The molecule has 1 heterocycles. The van der Waals surface area contributed by atoms with Gasteiger partial charge in [-0.2, -0.15) is 13.2 Å². The Hall–Kier alpha value is -3.24. The first-order valence-corrected chi connectivity index (χ1v) is 11.1. The average Bonchev–Trinajstić information content (AvgIpc) is 3.37. The highest BCUT2D eigenvalue weighted by molar-refractivity contribution is 6.01. The number of aliphatic carboxylic acids is 1. The maximum Gasteiger partial charge on any atom is 0.436 e. The number of aromatic nitrogens is 1. The summed E-state index contributed by atoms with van der Waals surface area (Å²) in [5.74, 6) is -1.28. The molecule has 1 aromatic heterocycles. The second-order valence-electron chi connectivity index (χ2n) is 9.41. The number of rotatable bonds is 9. The Labute approximate surface area is 195 Å². The summed E-state index contributed by atoms with van der Waals surface area (Å²) in [5.41, 5.74) is 0.698. The molecule has 2 aromatic rings. The molecule has 0 spiro atoms. The van der Waals surface area contributed by atoms with Crippen LogP contribution in [0.5, 0.6) is 0 Å². The summed E-state index contributed by atoms with van der Waals surface area (Å²) in [6.45, 7) is 9.73. The Bertz CT molecular complexity index is 1030. The number of carboxylic acids is 1. The lowest BCUT2D eigenvalue weighted by atomic mass is 10.0. The van der Waals surface area contributed by atoms with Gasteiger partial charge in [0.05, 0.1) is 17.3 Å². The van der Waals surface area contributed by atoms with Gasteiger partial charge >= 0.3 is 18.2 Å².